The Morgan fingerprint density at radius 2 is 1.90 bits per heavy atom. The normalized spacial score (nSPS) is 21.1. The maximum absolute atomic E-state index is 12.3. The van der Waals surface area contributed by atoms with Gasteiger partial charge in [0.25, 0.3) is 5.91 Å². The number of amidine groups is 1. The summed E-state index contributed by atoms with van der Waals surface area (Å²) in [6, 6.07) is 5.47. The number of urea groups is 1. The summed E-state index contributed by atoms with van der Waals surface area (Å²) in [7, 11) is 0. The lowest BCUT2D eigenvalue weighted by Crippen LogP contribution is -2.41. The molecule has 1 heterocycles. The highest BCUT2D eigenvalue weighted by Crippen LogP contribution is 2.29. The SMILES string of the molecule is CC(=O)ON1C(=O)N[C@@](C)(c2ccc(C(=N)N)cc2)C1=O. The lowest BCUT2D eigenvalue weighted by atomic mass is 9.91. The molecule has 1 aliphatic rings. The van der Waals surface area contributed by atoms with Crippen molar-refractivity contribution in [3.05, 3.63) is 35.4 Å². The molecule has 2 rings (SSSR count). The van der Waals surface area contributed by atoms with Gasteiger partial charge in [-0.15, -0.1) is 0 Å². The van der Waals surface area contributed by atoms with Crippen LogP contribution >= 0.6 is 0 Å². The van der Waals surface area contributed by atoms with E-state index in [4.69, 9.17) is 11.1 Å². The third kappa shape index (κ3) is 2.42. The number of benzene rings is 1. The minimum Gasteiger partial charge on any atom is -0.384 e. The van der Waals surface area contributed by atoms with E-state index in [0.29, 0.717) is 16.2 Å². The summed E-state index contributed by atoms with van der Waals surface area (Å²) in [5.74, 6) is -1.57. The molecule has 0 unspecified atom stereocenters. The number of nitrogens with zero attached hydrogens (tertiary/aromatic N) is 1. The first-order valence-electron chi connectivity index (χ1n) is 6.06. The van der Waals surface area contributed by atoms with Gasteiger partial charge in [0.1, 0.15) is 11.4 Å². The average molecular weight is 290 g/mol. The molecule has 0 bridgehead atoms. The van der Waals surface area contributed by atoms with Crippen LogP contribution in [-0.4, -0.2) is 28.8 Å². The number of carbonyl (C=O) groups excluding carboxylic acids is 3. The van der Waals surface area contributed by atoms with Gasteiger partial charge < -0.3 is 15.9 Å². The molecule has 3 amide bonds. The van der Waals surface area contributed by atoms with E-state index in [-0.39, 0.29) is 5.84 Å². The van der Waals surface area contributed by atoms with Crippen molar-refractivity contribution in [1.82, 2.24) is 10.4 Å². The molecular formula is C13H14N4O4. The van der Waals surface area contributed by atoms with Gasteiger partial charge in [-0.05, 0) is 12.5 Å². The number of nitrogens with one attached hydrogen (secondary N) is 2. The summed E-state index contributed by atoms with van der Waals surface area (Å²) in [5.41, 5.74) is 4.99. The third-order valence-corrected chi connectivity index (χ3v) is 3.15. The second-order valence-corrected chi connectivity index (χ2v) is 4.73. The molecule has 0 aliphatic carbocycles. The molecule has 0 radical (unpaired) electrons. The zero-order valence-corrected chi connectivity index (χ0v) is 11.5. The van der Waals surface area contributed by atoms with Crippen LogP contribution in [0.4, 0.5) is 4.79 Å². The first-order valence-corrected chi connectivity index (χ1v) is 6.06. The minimum absolute atomic E-state index is 0.102. The summed E-state index contributed by atoms with van der Waals surface area (Å²) < 4.78 is 0. The van der Waals surface area contributed by atoms with Crippen LogP contribution in [0.25, 0.3) is 0 Å². The fourth-order valence-corrected chi connectivity index (χ4v) is 2.00. The zero-order chi connectivity index (χ0) is 15.8. The minimum atomic E-state index is -1.35. The standard InChI is InChI=1S/C13H14N4O4/c1-7(18)21-17-11(19)13(2,16-12(17)20)9-5-3-8(4-6-9)10(14)15/h3-6H,1-2H3,(H3,14,15)(H,16,20)/t13-/m0/s1. The van der Waals surface area contributed by atoms with Gasteiger partial charge in [-0.3, -0.25) is 10.2 Å². The van der Waals surface area contributed by atoms with Crippen LogP contribution in [0.15, 0.2) is 24.3 Å². The molecule has 1 aromatic carbocycles. The van der Waals surface area contributed by atoms with E-state index in [9.17, 15) is 14.4 Å². The Bertz CT molecular complexity index is 640. The number of nitrogens with two attached hydrogens (primary N) is 1. The van der Waals surface area contributed by atoms with Crippen molar-refractivity contribution in [2.24, 2.45) is 5.73 Å². The Balaban J connectivity index is 2.34. The number of rotatable bonds is 3. The van der Waals surface area contributed by atoms with Crippen molar-refractivity contribution >= 4 is 23.7 Å². The highest BCUT2D eigenvalue weighted by Gasteiger charge is 2.51. The van der Waals surface area contributed by atoms with Crippen LogP contribution in [0.2, 0.25) is 0 Å². The molecule has 21 heavy (non-hydrogen) atoms. The zero-order valence-electron chi connectivity index (χ0n) is 11.5. The Morgan fingerprint density at radius 3 is 2.38 bits per heavy atom. The number of imide groups is 1. The summed E-state index contributed by atoms with van der Waals surface area (Å²) in [5, 5.41) is 10.2. The van der Waals surface area contributed by atoms with Gasteiger partial charge in [0, 0.05) is 12.5 Å². The Hall–Kier alpha value is -2.90. The molecule has 0 saturated carbocycles. The topological polar surface area (TPSA) is 126 Å². The van der Waals surface area contributed by atoms with Gasteiger partial charge in [0.2, 0.25) is 0 Å². The maximum Gasteiger partial charge on any atom is 0.359 e. The van der Waals surface area contributed by atoms with Gasteiger partial charge in [-0.2, -0.15) is 0 Å². The largest absolute Gasteiger partial charge is 0.384 e. The molecule has 0 aromatic heterocycles. The first-order chi connectivity index (χ1) is 9.75. The second kappa shape index (κ2) is 4.89. The number of hydrogen-bond acceptors (Lipinski definition) is 5. The lowest BCUT2D eigenvalue weighted by molar-refractivity contribution is -0.182. The van der Waals surface area contributed by atoms with Gasteiger partial charge >= 0.3 is 12.0 Å². The van der Waals surface area contributed by atoms with Crippen LogP contribution in [-0.2, 0) is 20.0 Å². The van der Waals surface area contributed by atoms with Crippen molar-refractivity contribution in [3.8, 4) is 0 Å². The average Bonchev–Trinajstić information content (AvgIpc) is 2.63. The van der Waals surface area contributed by atoms with Gasteiger partial charge in [-0.25, -0.2) is 9.59 Å². The summed E-state index contributed by atoms with van der Waals surface area (Å²) >= 11 is 0. The fourth-order valence-electron chi connectivity index (χ4n) is 2.00. The molecule has 8 nitrogen and oxygen atoms in total. The molecule has 1 fully saturated rings. The monoisotopic (exact) mass is 290 g/mol. The quantitative estimate of drug-likeness (QED) is 0.417. The molecule has 1 saturated heterocycles. The predicted molar refractivity (Wildman–Crippen MR) is 72.0 cm³/mol. The molecule has 1 atom stereocenters. The Labute approximate surface area is 120 Å². The van der Waals surface area contributed by atoms with Crippen LogP contribution < -0.4 is 11.1 Å². The summed E-state index contributed by atoms with van der Waals surface area (Å²) in [6.45, 7) is 2.59. The first kappa shape index (κ1) is 14.5. The molecule has 0 spiro atoms. The van der Waals surface area contributed by atoms with Crippen molar-refractivity contribution < 1.29 is 19.2 Å². The second-order valence-electron chi connectivity index (χ2n) is 4.73. The maximum atomic E-state index is 12.3. The van der Waals surface area contributed by atoms with Crippen molar-refractivity contribution in [2.45, 2.75) is 19.4 Å². The number of nitrogen functional groups attached to an aromatic ring is 1. The van der Waals surface area contributed by atoms with E-state index in [1.165, 1.54) is 6.92 Å². The van der Waals surface area contributed by atoms with E-state index in [2.05, 4.69) is 10.2 Å². The number of hydrogen-bond donors (Lipinski definition) is 3. The number of amides is 3. The van der Waals surface area contributed by atoms with Crippen LogP contribution in [0.5, 0.6) is 0 Å². The van der Waals surface area contributed by atoms with Crippen LogP contribution in [0.3, 0.4) is 0 Å². The number of carbonyl (C=O) groups is 3. The molecular weight excluding hydrogens is 276 g/mol. The van der Waals surface area contributed by atoms with Crippen LogP contribution in [0.1, 0.15) is 25.0 Å². The Kier molecular flexibility index (Phi) is 3.38. The van der Waals surface area contributed by atoms with Gasteiger partial charge in [-0.1, -0.05) is 29.3 Å². The van der Waals surface area contributed by atoms with Crippen molar-refractivity contribution in [2.75, 3.05) is 0 Å². The molecule has 1 aromatic rings. The fraction of sp³-hybridized carbons (Fsp3) is 0.231. The predicted octanol–water partition coefficient (Wildman–Crippen LogP) is 0.216. The molecule has 8 heteroatoms. The summed E-state index contributed by atoms with van der Waals surface area (Å²) in [4.78, 5) is 39.6. The highest BCUT2D eigenvalue weighted by molar-refractivity contribution is 6.07. The van der Waals surface area contributed by atoms with E-state index in [1.54, 1.807) is 24.3 Å². The van der Waals surface area contributed by atoms with Crippen molar-refractivity contribution in [1.29, 1.82) is 5.41 Å². The number of hydroxylamine groups is 2. The van der Waals surface area contributed by atoms with E-state index >= 15 is 0 Å². The summed E-state index contributed by atoms with van der Waals surface area (Å²) in [6.07, 6.45) is 0. The van der Waals surface area contributed by atoms with E-state index in [0.717, 1.165) is 6.92 Å². The third-order valence-electron chi connectivity index (χ3n) is 3.15. The van der Waals surface area contributed by atoms with Gasteiger partial charge in [0.05, 0.1) is 0 Å². The Morgan fingerprint density at radius 1 is 1.33 bits per heavy atom. The van der Waals surface area contributed by atoms with Gasteiger partial charge in [0.15, 0.2) is 0 Å². The molecule has 1 aliphatic heterocycles. The lowest BCUT2D eigenvalue weighted by Gasteiger charge is -2.21. The van der Waals surface area contributed by atoms with Crippen LogP contribution in [0, 0.1) is 5.41 Å². The van der Waals surface area contributed by atoms with E-state index < -0.39 is 23.4 Å². The smallest absolute Gasteiger partial charge is 0.359 e. The molecule has 110 valence electrons. The highest BCUT2D eigenvalue weighted by atomic mass is 16.7. The van der Waals surface area contributed by atoms with Crippen molar-refractivity contribution in [3.63, 3.8) is 0 Å². The van der Waals surface area contributed by atoms with E-state index in [1.807, 2.05) is 0 Å². The molecule has 4 N–H and O–H groups in total.